The van der Waals surface area contributed by atoms with E-state index in [0.29, 0.717) is 5.56 Å². The first-order valence-electron chi connectivity index (χ1n) is 8.51. The van der Waals surface area contributed by atoms with E-state index in [9.17, 15) is 13.2 Å². The van der Waals surface area contributed by atoms with Gasteiger partial charge in [0.15, 0.2) is 0 Å². The monoisotopic (exact) mass is 416 g/mol. The number of hydrogen-bond donors (Lipinski definition) is 2. The third-order valence-electron chi connectivity index (χ3n) is 4.05. The zero-order valence-corrected chi connectivity index (χ0v) is 16.8. The summed E-state index contributed by atoms with van der Waals surface area (Å²) in [4.78, 5) is 12.8. The second kappa shape index (κ2) is 9.01. The van der Waals surface area contributed by atoms with Gasteiger partial charge in [-0.15, -0.1) is 11.3 Å². The second-order valence-electron chi connectivity index (χ2n) is 5.96. The van der Waals surface area contributed by atoms with Crippen LogP contribution in [0.1, 0.15) is 17.2 Å². The van der Waals surface area contributed by atoms with E-state index in [4.69, 9.17) is 4.74 Å². The minimum absolute atomic E-state index is 0.163. The molecule has 8 heteroatoms. The van der Waals surface area contributed by atoms with Crippen molar-refractivity contribution in [3.63, 3.8) is 0 Å². The number of rotatable bonds is 8. The lowest BCUT2D eigenvalue weighted by Gasteiger charge is -2.18. The van der Waals surface area contributed by atoms with Crippen LogP contribution in [0.5, 0.6) is 5.75 Å². The van der Waals surface area contributed by atoms with E-state index in [-0.39, 0.29) is 10.8 Å². The Hall–Kier alpha value is -2.68. The normalized spacial score (nSPS) is 12.3. The van der Waals surface area contributed by atoms with Crippen LogP contribution in [-0.4, -0.2) is 21.4 Å². The molecule has 0 unspecified atom stereocenters. The molecule has 2 N–H and O–H groups in total. The van der Waals surface area contributed by atoms with Crippen LogP contribution in [0.4, 0.5) is 0 Å². The Kier molecular flexibility index (Phi) is 6.45. The highest BCUT2D eigenvalue weighted by atomic mass is 32.2. The number of carbonyl (C=O) groups is 1. The molecule has 0 bridgehead atoms. The molecule has 0 fully saturated rings. The number of sulfonamides is 1. The van der Waals surface area contributed by atoms with Crippen molar-refractivity contribution >= 4 is 27.3 Å². The average Bonchev–Trinajstić information content (AvgIpc) is 3.27. The van der Waals surface area contributed by atoms with Gasteiger partial charge in [0.1, 0.15) is 16.0 Å². The molecule has 3 rings (SSSR count). The van der Waals surface area contributed by atoms with Crippen LogP contribution in [-0.2, 0) is 21.4 Å². The summed E-state index contributed by atoms with van der Waals surface area (Å²) in [5.41, 5.74) is 1.44. The summed E-state index contributed by atoms with van der Waals surface area (Å²) in [6.45, 7) is 0.271. The third kappa shape index (κ3) is 4.98. The summed E-state index contributed by atoms with van der Waals surface area (Å²) in [5, 5.41) is 4.48. The highest BCUT2D eigenvalue weighted by Gasteiger charge is 2.27. The molecule has 0 radical (unpaired) electrons. The van der Waals surface area contributed by atoms with Crippen LogP contribution in [0.2, 0.25) is 0 Å². The second-order valence-corrected chi connectivity index (χ2v) is 8.85. The molecule has 0 aliphatic heterocycles. The van der Waals surface area contributed by atoms with Gasteiger partial charge in [-0.25, -0.2) is 8.42 Å². The largest absolute Gasteiger partial charge is 0.497 e. The van der Waals surface area contributed by atoms with Gasteiger partial charge in [0.2, 0.25) is 5.91 Å². The molecule has 3 aromatic rings. The molecule has 0 spiro atoms. The SMILES string of the molecule is COc1ccc(CNC(=O)[C@H](NS(=O)(=O)c2cccs2)c2ccccc2)cc1. The van der Waals surface area contributed by atoms with Crippen molar-refractivity contribution in [2.45, 2.75) is 16.8 Å². The number of nitrogens with one attached hydrogen (secondary N) is 2. The fourth-order valence-electron chi connectivity index (χ4n) is 2.58. The molecule has 0 aliphatic rings. The van der Waals surface area contributed by atoms with Crippen molar-refractivity contribution in [3.05, 3.63) is 83.2 Å². The van der Waals surface area contributed by atoms with Crippen molar-refractivity contribution in [3.8, 4) is 5.75 Å². The summed E-state index contributed by atoms with van der Waals surface area (Å²) < 4.78 is 33.1. The summed E-state index contributed by atoms with van der Waals surface area (Å²) in [5.74, 6) is 0.295. The Morgan fingerprint density at radius 2 is 1.75 bits per heavy atom. The minimum atomic E-state index is -3.81. The van der Waals surface area contributed by atoms with Gasteiger partial charge in [-0.05, 0) is 34.7 Å². The highest BCUT2D eigenvalue weighted by molar-refractivity contribution is 7.91. The van der Waals surface area contributed by atoms with Crippen LogP contribution in [0.3, 0.4) is 0 Å². The fraction of sp³-hybridized carbons (Fsp3) is 0.150. The molecule has 0 saturated carbocycles. The van der Waals surface area contributed by atoms with Gasteiger partial charge < -0.3 is 10.1 Å². The van der Waals surface area contributed by atoms with Crippen LogP contribution in [0.15, 0.2) is 76.3 Å². The maximum absolute atomic E-state index is 12.8. The highest BCUT2D eigenvalue weighted by Crippen LogP contribution is 2.21. The Bertz CT molecular complexity index is 1000. The number of thiophene rings is 1. The predicted octanol–water partition coefficient (Wildman–Crippen LogP) is 3.09. The number of methoxy groups -OCH3 is 1. The number of ether oxygens (including phenoxy) is 1. The lowest BCUT2D eigenvalue weighted by Crippen LogP contribution is -2.40. The van der Waals surface area contributed by atoms with Crippen molar-refractivity contribution in [2.75, 3.05) is 7.11 Å². The van der Waals surface area contributed by atoms with Gasteiger partial charge in [0, 0.05) is 6.54 Å². The topological polar surface area (TPSA) is 84.5 Å². The summed E-state index contributed by atoms with van der Waals surface area (Å²) in [6, 6.07) is 18.2. The molecule has 28 heavy (non-hydrogen) atoms. The smallest absolute Gasteiger partial charge is 0.251 e. The van der Waals surface area contributed by atoms with Crippen LogP contribution in [0.25, 0.3) is 0 Å². The first-order chi connectivity index (χ1) is 13.5. The van der Waals surface area contributed by atoms with Crippen LogP contribution >= 0.6 is 11.3 Å². The van der Waals surface area contributed by atoms with Crippen molar-refractivity contribution < 1.29 is 17.9 Å². The van der Waals surface area contributed by atoms with E-state index < -0.39 is 22.0 Å². The first kappa shape index (κ1) is 20.1. The third-order valence-corrected chi connectivity index (χ3v) is 6.87. The standard InChI is InChI=1S/C20H20N2O4S2/c1-26-17-11-9-15(10-12-17)14-21-20(23)19(16-6-3-2-4-7-16)22-28(24,25)18-8-5-13-27-18/h2-13,19,22H,14H2,1H3,(H,21,23)/t19-/m1/s1. The Morgan fingerprint density at radius 3 is 2.36 bits per heavy atom. The molecule has 0 aliphatic carbocycles. The predicted molar refractivity (Wildman–Crippen MR) is 109 cm³/mol. The van der Waals surface area contributed by atoms with E-state index in [0.717, 1.165) is 22.6 Å². The Morgan fingerprint density at radius 1 is 1.04 bits per heavy atom. The summed E-state index contributed by atoms with van der Waals surface area (Å²) in [7, 11) is -2.23. The molecule has 2 aromatic carbocycles. The van der Waals surface area contributed by atoms with E-state index in [1.165, 1.54) is 6.07 Å². The molecule has 6 nitrogen and oxygen atoms in total. The quantitative estimate of drug-likeness (QED) is 0.591. The van der Waals surface area contributed by atoms with E-state index >= 15 is 0 Å². The van der Waals surface area contributed by atoms with E-state index in [2.05, 4.69) is 10.0 Å². The van der Waals surface area contributed by atoms with Gasteiger partial charge >= 0.3 is 0 Å². The van der Waals surface area contributed by atoms with Gasteiger partial charge in [0.05, 0.1) is 7.11 Å². The molecule has 1 aromatic heterocycles. The molecular formula is C20H20N2O4S2. The van der Waals surface area contributed by atoms with Crippen molar-refractivity contribution in [1.29, 1.82) is 0 Å². The number of amides is 1. The van der Waals surface area contributed by atoms with Gasteiger partial charge in [-0.2, -0.15) is 4.72 Å². The van der Waals surface area contributed by atoms with Crippen molar-refractivity contribution in [2.24, 2.45) is 0 Å². The zero-order chi connectivity index (χ0) is 20.0. The lowest BCUT2D eigenvalue weighted by molar-refractivity contribution is -0.123. The van der Waals surface area contributed by atoms with Crippen LogP contribution in [0, 0.1) is 0 Å². The zero-order valence-electron chi connectivity index (χ0n) is 15.2. The van der Waals surface area contributed by atoms with Gasteiger partial charge in [-0.3, -0.25) is 4.79 Å². The molecule has 146 valence electrons. The van der Waals surface area contributed by atoms with Crippen molar-refractivity contribution in [1.82, 2.24) is 10.0 Å². The molecule has 0 saturated heterocycles. The molecule has 1 atom stereocenters. The Balaban J connectivity index is 1.77. The molecular weight excluding hydrogens is 396 g/mol. The van der Waals surface area contributed by atoms with E-state index in [1.54, 1.807) is 55.0 Å². The number of carbonyl (C=O) groups excluding carboxylic acids is 1. The first-order valence-corrected chi connectivity index (χ1v) is 10.9. The maximum atomic E-state index is 12.8. The minimum Gasteiger partial charge on any atom is -0.497 e. The van der Waals surface area contributed by atoms with Crippen LogP contribution < -0.4 is 14.8 Å². The van der Waals surface area contributed by atoms with E-state index in [1.807, 2.05) is 18.2 Å². The lowest BCUT2D eigenvalue weighted by atomic mass is 10.1. The molecule has 1 heterocycles. The number of benzene rings is 2. The maximum Gasteiger partial charge on any atom is 0.251 e. The van der Waals surface area contributed by atoms with Gasteiger partial charge in [-0.1, -0.05) is 48.5 Å². The summed E-state index contributed by atoms with van der Waals surface area (Å²) >= 11 is 1.10. The fourth-order valence-corrected chi connectivity index (χ4v) is 4.78. The van der Waals surface area contributed by atoms with Gasteiger partial charge in [0.25, 0.3) is 10.0 Å². The average molecular weight is 417 g/mol. The number of hydrogen-bond acceptors (Lipinski definition) is 5. The molecule has 1 amide bonds. The Labute approximate surface area is 168 Å². The summed E-state index contributed by atoms with van der Waals surface area (Å²) in [6.07, 6.45) is 0.